The van der Waals surface area contributed by atoms with Crippen molar-refractivity contribution in [2.45, 2.75) is 62.6 Å². The lowest BCUT2D eigenvalue weighted by molar-refractivity contribution is -0.113. The summed E-state index contributed by atoms with van der Waals surface area (Å²) in [5.74, 6) is 0.140. The highest BCUT2D eigenvalue weighted by Crippen LogP contribution is 2.37. The molecule has 2 heterocycles. The average Bonchev–Trinajstić information content (AvgIpc) is 3.50. The number of carbonyl (C=O) groups is 1. The molecule has 1 amide bonds. The molecular weight excluding hydrogens is 462 g/mol. The van der Waals surface area contributed by atoms with Crippen LogP contribution in [0.5, 0.6) is 0 Å². The molecular formula is C27H27N3O2S2. The van der Waals surface area contributed by atoms with Crippen LogP contribution in [-0.2, 0) is 17.6 Å². The van der Waals surface area contributed by atoms with Gasteiger partial charge in [0.2, 0.25) is 5.91 Å². The lowest BCUT2D eigenvalue weighted by Gasteiger charge is -2.18. The van der Waals surface area contributed by atoms with Crippen LogP contribution in [0, 0.1) is 0 Å². The first-order chi connectivity index (χ1) is 16.7. The smallest absolute Gasteiger partial charge is 0.263 e. The van der Waals surface area contributed by atoms with E-state index in [4.69, 9.17) is 4.98 Å². The number of aromatic nitrogens is 2. The largest absolute Gasteiger partial charge is 0.325 e. The highest BCUT2D eigenvalue weighted by Gasteiger charge is 2.27. The number of nitrogens with one attached hydrogen (secondary N) is 1. The van der Waals surface area contributed by atoms with Crippen LogP contribution in [0.4, 0.5) is 5.69 Å². The van der Waals surface area contributed by atoms with E-state index in [1.54, 1.807) is 11.3 Å². The van der Waals surface area contributed by atoms with Crippen LogP contribution in [0.1, 0.15) is 55.0 Å². The summed E-state index contributed by atoms with van der Waals surface area (Å²) in [6.45, 7) is 0. The summed E-state index contributed by atoms with van der Waals surface area (Å²) < 4.78 is 1.92. The molecule has 1 N–H and O–H groups in total. The number of aryl methyl sites for hydroxylation is 2. The van der Waals surface area contributed by atoms with Crippen LogP contribution in [0.3, 0.4) is 0 Å². The van der Waals surface area contributed by atoms with Crippen molar-refractivity contribution in [3.63, 3.8) is 0 Å². The molecule has 174 valence electrons. The van der Waals surface area contributed by atoms with Crippen LogP contribution >= 0.6 is 23.1 Å². The molecule has 2 aliphatic carbocycles. The van der Waals surface area contributed by atoms with E-state index in [2.05, 4.69) is 11.4 Å². The van der Waals surface area contributed by atoms with Gasteiger partial charge in [0.25, 0.3) is 5.56 Å². The van der Waals surface area contributed by atoms with Crippen molar-refractivity contribution >= 4 is 55.7 Å². The zero-order valence-electron chi connectivity index (χ0n) is 19.0. The van der Waals surface area contributed by atoms with Gasteiger partial charge in [-0.1, -0.05) is 54.9 Å². The van der Waals surface area contributed by atoms with Crippen molar-refractivity contribution in [3.8, 4) is 0 Å². The third kappa shape index (κ3) is 4.05. The van der Waals surface area contributed by atoms with Gasteiger partial charge < -0.3 is 5.32 Å². The number of benzene rings is 2. The van der Waals surface area contributed by atoms with Crippen molar-refractivity contribution in [3.05, 3.63) is 63.3 Å². The fraction of sp³-hybridized carbons (Fsp3) is 0.370. The second-order valence-corrected chi connectivity index (χ2v) is 11.3. The van der Waals surface area contributed by atoms with Gasteiger partial charge in [0.15, 0.2) is 5.16 Å². The van der Waals surface area contributed by atoms with Gasteiger partial charge in [-0.25, -0.2) is 4.98 Å². The van der Waals surface area contributed by atoms with E-state index in [1.807, 2.05) is 41.0 Å². The molecule has 4 aromatic rings. The summed E-state index contributed by atoms with van der Waals surface area (Å²) in [4.78, 5) is 33.7. The lowest BCUT2D eigenvalue weighted by Crippen LogP contribution is -2.27. The molecule has 2 aromatic heterocycles. The molecule has 1 saturated carbocycles. The van der Waals surface area contributed by atoms with E-state index in [1.165, 1.54) is 28.6 Å². The minimum atomic E-state index is -0.0851. The predicted molar refractivity (Wildman–Crippen MR) is 141 cm³/mol. The monoisotopic (exact) mass is 489 g/mol. The number of hydrogen-bond acceptors (Lipinski definition) is 5. The maximum atomic E-state index is 13.7. The Morgan fingerprint density at radius 1 is 1.06 bits per heavy atom. The summed E-state index contributed by atoms with van der Waals surface area (Å²) in [7, 11) is 0. The van der Waals surface area contributed by atoms with Crippen molar-refractivity contribution < 1.29 is 4.79 Å². The summed E-state index contributed by atoms with van der Waals surface area (Å²) in [6, 6.07) is 14.2. The molecule has 0 atom stereocenters. The Balaban J connectivity index is 1.28. The Labute approximate surface area is 206 Å². The minimum Gasteiger partial charge on any atom is -0.325 e. The van der Waals surface area contributed by atoms with Crippen LogP contribution < -0.4 is 10.9 Å². The van der Waals surface area contributed by atoms with E-state index in [9.17, 15) is 9.59 Å². The normalized spacial score (nSPS) is 16.2. The third-order valence-electron chi connectivity index (χ3n) is 7.04. The van der Waals surface area contributed by atoms with Crippen LogP contribution in [0.15, 0.2) is 52.4 Å². The Hall–Kier alpha value is -2.64. The topological polar surface area (TPSA) is 64.0 Å². The van der Waals surface area contributed by atoms with Crippen LogP contribution in [-0.4, -0.2) is 21.2 Å². The first-order valence-electron chi connectivity index (χ1n) is 12.2. The fourth-order valence-corrected chi connectivity index (χ4v) is 7.55. The fourth-order valence-electron chi connectivity index (χ4n) is 5.38. The molecule has 0 radical (unpaired) electrons. The number of rotatable bonds is 5. The summed E-state index contributed by atoms with van der Waals surface area (Å²) >= 11 is 3.07. The summed E-state index contributed by atoms with van der Waals surface area (Å²) in [5.41, 5.74) is 2.13. The van der Waals surface area contributed by atoms with Crippen LogP contribution in [0.2, 0.25) is 0 Å². The molecule has 0 unspecified atom stereocenters. The third-order valence-corrected chi connectivity index (χ3v) is 9.18. The Bertz CT molecular complexity index is 1450. The maximum Gasteiger partial charge on any atom is 0.263 e. The number of hydrogen-bond donors (Lipinski definition) is 1. The van der Waals surface area contributed by atoms with Gasteiger partial charge in [0, 0.05) is 16.6 Å². The minimum absolute atomic E-state index is 0.0851. The van der Waals surface area contributed by atoms with Crippen molar-refractivity contribution in [1.82, 2.24) is 9.55 Å². The summed E-state index contributed by atoms with van der Waals surface area (Å²) in [5, 5.41) is 6.79. The molecule has 2 aromatic carbocycles. The lowest BCUT2D eigenvalue weighted by atomic mass is 9.97. The van der Waals surface area contributed by atoms with Gasteiger partial charge in [-0.2, -0.15) is 0 Å². The first-order valence-corrected chi connectivity index (χ1v) is 14.0. The average molecular weight is 490 g/mol. The molecule has 5 nitrogen and oxygen atoms in total. The highest BCUT2D eigenvalue weighted by atomic mass is 32.2. The number of fused-ring (bicyclic) bond motifs is 4. The van der Waals surface area contributed by atoms with E-state index < -0.39 is 0 Å². The van der Waals surface area contributed by atoms with Crippen molar-refractivity contribution in [2.75, 3.05) is 11.1 Å². The number of thioether (sulfide) groups is 1. The van der Waals surface area contributed by atoms with E-state index in [0.717, 1.165) is 71.6 Å². The quantitative estimate of drug-likeness (QED) is 0.263. The van der Waals surface area contributed by atoms with E-state index >= 15 is 0 Å². The molecule has 34 heavy (non-hydrogen) atoms. The van der Waals surface area contributed by atoms with Crippen molar-refractivity contribution in [1.29, 1.82) is 0 Å². The number of carbonyl (C=O) groups excluding carboxylic acids is 1. The molecule has 0 aliphatic heterocycles. The number of nitrogens with zero attached hydrogens (tertiary/aromatic N) is 2. The van der Waals surface area contributed by atoms with Crippen LogP contribution in [0.25, 0.3) is 21.0 Å². The SMILES string of the molecule is O=C(CSc1nc2sc3c(c2c(=O)n1C1CCCC1)CCCC3)Nc1ccc2ccccc2c1. The van der Waals surface area contributed by atoms with Crippen molar-refractivity contribution in [2.24, 2.45) is 0 Å². The second-order valence-electron chi connectivity index (χ2n) is 9.30. The number of amides is 1. The van der Waals surface area contributed by atoms with Gasteiger partial charge in [-0.05, 0) is 67.0 Å². The molecule has 0 bridgehead atoms. The molecule has 2 aliphatic rings. The maximum absolute atomic E-state index is 13.7. The molecule has 0 saturated heterocycles. The Kier molecular flexibility index (Phi) is 5.91. The van der Waals surface area contributed by atoms with Gasteiger partial charge in [-0.15, -0.1) is 11.3 Å². The first kappa shape index (κ1) is 21.9. The van der Waals surface area contributed by atoms with E-state index in [0.29, 0.717) is 5.16 Å². The molecule has 1 fully saturated rings. The summed E-state index contributed by atoms with van der Waals surface area (Å²) in [6.07, 6.45) is 8.67. The number of thiophene rings is 1. The zero-order valence-corrected chi connectivity index (χ0v) is 20.6. The standard InChI is InChI=1S/C27H27N3O2S2/c31-23(28-19-14-13-17-7-1-2-8-18(17)15-19)16-33-27-29-25-24(21-11-5-6-12-22(21)34-25)26(32)30(27)20-9-3-4-10-20/h1-2,7-8,13-15,20H,3-6,9-12,16H2,(H,28,31). The molecule has 6 rings (SSSR count). The second kappa shape index (κ2) is 9.19. The highest BCUT2D eigenvalue weighted by molar-refractivity contribution is 7.99. The Morgan fingerprint density at radius 3 is 2.71 bits per heavy atom. The number of anilines is 1. The van der Waals surface area contributed by atoms with Gasteiger partial charge in [0.05, 0.1) is 11.1 Å². The molecule has 7 heteroatoms. The van der Waals surface area contributed by atoms with Gasteiger partial charge >= 0.3 is 0 Å². The van der Waals surface area contributed by atoms with E-state index in [-0.39, 0.29) is 23.3 Å². The zero-order chi connectivity index (χ0) is 23.1. The Morgan fingerprint density at radius 2 is 1.85 bits per heavy atom. The van der Waals surface area contributed by atoms with Gasteiger partial charge in [-0.3, -0.25) is 14.2 Å². The molecule has 0 spiro atoms. The van der Waals surface area contributed by atoms with Gasteiger partial charge in [0.1, 0.15) is 4.83 Å². The predicted octanol–water partition coefficient (Wildman–Crippen LogP) is 6.34.